The van der Waals surface area contributed by atoms with E-state index in [-0.39, 0.29) is 11.9 Å². The van der Waals surface area contributed by atoms with Crippen molar-refractivity contribution in [3.63, 3.8) is 0 Å². The quantitative estimate of drug-likeness (QED) is 0.706. The number of rotatable bonds is 5. The Kier molecular flexibility index (Phi) is 4.43. The minimum Gasteiger partial charge on any atom is -0.493 e. The van der Waals surface area contributed by atoms with E-state index in [1.807, 2.05) is 30.2 Å². The van der Waals surface area contributed by atoms with E-state index in [0.717, 1.165) is 30.2 Å². The summed E-state index contributed by atoms with van der Waals surface area (Å²) >= 11 is 0. The summed E-state index contributed by atoms with van der Waals surface area (Å²) in [6, 6.07) is 5.29. The summed E-state index contributed by atoms with van der Waals surface area (Å²) < 4.78 is 13.0. The van der Waals surface area contributed by atoms with Crippen molar-refractivity contribution < 1.29 is 13.9 Å². The molecule has 4 rings (SSSR count). The molecule has 3 aromatic rings. The van der Waals surface area contributed by atoms with Gasteiger partial charge in [-0.2, -0.15) is 0 Å². The van der Waals surface area contributed by atoms with Crippen LogP contribution in [0.4, 0.5) is 0 Å². The molecule has 1 amide bonds. The smallest absolute Gasteiger partial charge is 0.257 e. The summed E-state index contributed by atoms with van der Waals surface area (Å²) in [4.78, 5) is 23.0. The zero-order chi connectivity index (χ0) is 17.9. The van der Waals surface area contributed by atoms with E-state index in [9.17, 15) is 4.79 Å². The molecule has 1 aliphatic heterocycles. The van der Waals surface area contributed by atoms with Gasteiger partial charge in [0.15, 0.2) is 0 Å². The predicted molar refractivity (Wildman–Crippen MR) is 93.8 cm³/mol. The molecule has 7 nitrogen and oxygen atoms in total. The maximum absolute atomic E-state index is 12.6. The van der Waals surface area contributed by atoms with Crippen LogP contribution in [0, 0.1) is 0 Å². The molecule has 3 aromatic heterocycles. The van der Waals surface area contributed by atoms with Gasteiger partial charge < -0.3 is 18.6 Å². The lowest BCUT2D eigenvalue weighted by Gasteiger charge is -2.34. The van der Waals surface area contributed by atoms with Crippen LogP contribution in [0.15, 0.2) is 53.7 Å². The zero-order valence-corrected chi connectivity index (χ0v) is 14.5. The van der Waals surface area contributed by atoms with Crippen LogP contribution in [-0.2, 0) is 13.0 Å². The van der Waals surface area contributed by atoms with Gasteiger partial charge in [0.2, 0.25) is 0 Å². The number of fused-ring (bicyclic) bond motifs is 1. The van der Waals surface area contributed by atoms with Crippen LogP contribution in [0.3, 0.4) is 0 Å². The number of imidazole rings is 1. The van der Waals surface area contributed by atoms with Crippen molar-refractivity contribution in [3.05, 3.63) is 66.4 Å². The highest BCUT2D eigenvalue weighted by Gasteiger charge is 2.31. The number of carbonyl (C=O) groups excluding carboxylic acids is 1. The third-order valence-electron chi connectivity index (χ3n) is 4.68. The maximum Gasteiger partial charge on any atom is 0.257 e. The molecule has 0 saturated heterocycles. The van der Waals surface area contributed by atoms with Crippen molar-refractivity contribution in [3.8, 4) is 5.75 Å². The molecule has 7 heteroatoms. The fourth-order valence-corrected chi connectivity index (χ4v) is 3.30. The van der Waals surface area contributed by atoms with Crippen LogP contribution in [0.2, 0.25) is 0 Å². The summed E-state index contributed by atoms with van der Waals surface area (Å²) in [6.45, 7) is 3.95. The summed E-state index contributed by atoms with van der Waals surface area (Å²) in [5.41, 5.74) is 1.69. The van der Waals surface area contributed by atoms with Gasteiger partial charge in [-0.15, -0.1) is 0 Å². The number of pyridine rings is 1. The second-order valence-corrected chi connectivity index (χ2v) is 6.23. The highest BCUT2D eigenvalue weighted by molar-refractivity contribution is 5.94. The van der Waals surface area contributed by atoms with E-state index in [2.05, 4.69) is 14.5 Å². The topological polar surface area (TPSA) is 73.4 Å². The fourth-order valence-electron chi connectivity index (χ4n) is 3.30. The molecular weight excluding hydrogens is 332 g/mol. The van der Waals surface area contributed by atoms with Crippen molar-refractivity contribution in [2.24, 2.45) is 0 Å². The van der Waals surface area contributed by atoms with Gasteiger partial charge in [-0.25, -0.2) is 4.98 Å². The average molecular weight is 352 g/mol. The first-order chi connectivity index (χ1) is 12.7. The van der Waals surface area contributed by atoms with Crippen molar-refractivity contribution in [2.75, 3.05) is 13.2 Å². The molecule has 1 aliphatic rings. The van der Waals surface area contributed by atoms with E-state index in [0.29, 0.717) is 18.7 Å². The molecule has 1 atom stereocenters. The minimum atomic E-state index is -0.0824. The molecule has 0 radical (unpaired) electrons. The molecule has 26 heavy (non-hydrogen) atoms. The highest BCUT2D eigenvalue weighted by atomic mass is 16.5. The summed E-state index contributed by atoms with van der Waals surface area (Å²) in [5.74, 6) is 1.69. The largest absolute Gasteiger partial charge is 0.493 e. The summed E-state index contributed by atoms with van der Waals surface area (Å²) in [7, 11) is 0. The maximum atomic E-state index is 12.6. The van der Waals surface area contributed by atoms with Crippen LogP contribution in [0.1, 0.15) is 34.8 Å². The lowest BCUT2D eigenvalue weighted by atomic mass is 10.1. The minimum absolute atomic E-state index is 0.0249. The number of aromatic nitrogens is 3. The Labute approximate surface area is 151 Å². The molecular formula is C19H20N4O3. The number of hydrogen-bond donors (Lipinski definition) is 0. The summed E-state index contributed by atoms with van der Waals surface area (Å²) in [5, 5.41) is 0. The van der Waals surface area contributed by atoms with Gasteiger partial charge in [-0.1, -0.05) is 0 Å². The monoisotopic (exact) mass is 352 g/mol. The molecule has 0 aromatic carbocycles. The number of nitrogens with zero attached hydrogens (tertiary/aromatic N) is 4. The Hall–Kier alpha value is -3.09. The molecule has 0 N–H and O–H groups in total. The molecule has 0 fully saturated rings. The molecule has 0 aliphatic carbocycles. The first-order valence-corrected chi connectivity index (χ1v) is 8.64. The molecule has 0 unspecified atom stereocenters. The third-order valence-corrected chi connectivity index (χ3v) is 4.68. The Balaban J connectivity index is 1.43. The first kappa shape index (κ1) is 16.4. The Morgan fingerprint density at radius 1 is 1.31 bits per heavy atom. The highest BCUT2D eigenvalue weighted by Crippen LogP contribution is 2.27. The van der Waals surface area contributed by atoms with Gasteiger partial charge in [-0.05, 0) is 25.1 Å². The number of carbonyl (C=O) groups is 1. The number of furan rings is 1. The van der Waals surface area contributed by atoms with Crippen LogP contribution in [0.25, 0.3) is 0 Å². The first-order valence-electron chi connectivity index (χ1n) is 8.64. The second kappa shape index (κ2) is 7.03. The summed E-state index contributed by atoms with van der Waals surface area (Å²) in [6.07, 6.45) is 9.07. The fraction of sp³-hybridized carbons (Fsp3) is 0.316. The third kappa shape index (κ3) is 3.08. The number of hydrogen-bond acceptors (Lipinski definition) is 5. The van der Waals surface area contributed by atoms with E-state index in [1.54, 1.807) is 18.5 Å². The van der Waals surface area contributed by atoms with Crippen LogP contribution in [0.5, 0.6) is 5.75 Å². The number of amides is 1. The Morgan fingerprint density at radius 3 is 2.92 bits per heavy atom. The lowest BCUT2D eigenvalue weighted by Crippen LogP contribution is -2.41. The molecule has 0 bridgehead atoms. The van der Waals surface area contributed by atoms with Gasteiger partial charge in [0.25, 0.3) is 5.91 Å². The van der Waals surface area contributed by atoms with E-state index in [1.165, 1.54) is 12.5 Å². The Morgan fingerprint density at radius 2 is 2.15 bits per heavy atom. The van der Waals surface area contributed by atoms with Crippen LogP contribution < -0.4 is 4.74 Å². The molecule has 0 saturated carbocycles. The van der Waals surface area contributed by atoms with Crippen LogP contribution in [-0.4, -0.2) is 38.5 Å². The zero-order valence-electron chi connectivity index (χ0n) is 14.5. The van der Waals surface area contributed by atoms with Gasteiger partial charge in [0.05, 0.1) is 24.5 Å². The van der Waals surface area contributed by atoms with Gasteiger partial charge in [0.1, 0.15) is 17.8 Å². The SMILES string of the molecule is C[C@@H]1c2ncc(CCOc3ccncc3)n2CCN1C(=O)c1ccoc1. The normalized spacial score (nSPS) is 16.3. The molecule has 134 valence electrons. The van der Waals surface area contributed by atoms with Gasteiger partial charge >= 0.3 is 0 Å². The standard InChI is InChI=1S/C19H20N4O3/c1-14-18-21-12-16(5-11-26-17-2-6-20-7-3-17)23(18)9-8-22(14)19(24)15-4-10-25-13-15/h2-4,6-7,10,12-14H,5,8-9,11H2,1H3/t14-/m1/s1. The molecule has 0 spiro atoms. The van der Waals surface area contributed by atoms with E-state index >= 15 is 0 Å². The van der Waals surface area contributed by atoms with Gasteiger partial charge in [0, 0.05) is 43.8 Å². The van der Waals surface area contributed by atoms with Crippen molar-refractivity contribution in [1.29, 1.82) is 0 Å². The van der Waals surface area contributed by atoms with Crippen molar-refractivity contribution in [1.82, 2.24) is 19.4 Å². The second-order valence-electron chi connectivity index (χ2n) is 6.23. The molecule has 4 heterocycles. The lowest BCUT2D eigenvalue weighted by molar-refractivity contribution is 0.0635. The predicted octanol–water partition coefficient (Wildman–Crippen LogP) is 2.71. The van der Waals surface area contributed by atoms with Crippen molar-refractivity contribution >= 4 is 5.91 Å². The van der Waals surface area contributed by atoms with E-state index < -0.39 is 0 Å². The average Bonchev–Trinajstić information content (AvgIpc) is 3.33. The van der Waals surface area contributed by atoms with Crippen molar-refractivity contribution in [2.45, 2.75) is 25.9 Å². The van der Waals surface area contributed by atoms with Gasteiger partial charge in [-0.3, -0.25) is 9.78 Å². The Bertz CT molecular complexity index is 874. The van der Waals surface area contributed by atoms with Crippen LogP contribution >= 0.6 is 0 Å². The number of ether oxygens (including phenoxy) is 1. The van der Waals surface area contributed by atoms with E-state index in [4.69, 9.17) is 9.15 Å².